The van der Waals surface area contributed by atoms with Crippen molar-refractivity contribution >= 4 is 27.5 Å². The molecule has 1 aliphatic rings. The van der Waals surface area contributed by atoms with Crippen molar-refractivity contribution in [3.05, 3.63) is 40.7 Å². The Bertz CT molecular complexity index is 688. The number of aromatic amines is 1. The Hall–Kier alpha value is -1.92. The smallest absolute Gasteiger partial charge is 0.180 e. The zero-order chi connectivity index (χ0) is 12.8. The predicted octanol–water partition coefficient (Wildman–Crippen LogP) is 2.12. The van der Waals surface area contributed by atoms with Crippen LogP contribution in [0.1, 0.15) is 16.4 Å². The van der Waals surface area contributed by atoms with Gasteiger partial charge in [-0.15, -0.1) is 11.3 Å². The molecule has 5 nitrogen and oxygen atoms in total. The van der Waals surface area contributed by atoms with Crippen molar-refractivity contribution in [2.45, 2.75) is 19.6 Å². The van der Waals surface area contributed by atoms with Crippen molar-refractivity contribution in [2.24, 2.45) is 0 Å². The topological polar surface area (TPSA) is 70.8 Å². The van der Waals surface area contributed by atoms with E-state index in [2.05, 4.69) is 25.9 Å². The molecule has 0 bridgehead atoms. The Morgan fingerprint density at radius 1 is 1.26 bits per heavy atom. The number of hydrogen-bond donors (Lipinski definition) is 2. The number of rotatable bonds is 2. The molecule has 1 aromatic carbocycles. The number of H-pyrrole nitrogens is 1. The minimum absolute atomic E-state index is 0.674. The summed E-state index contributed by atoms with van der Waals surface area (Å²) in [6, 6.07) is 8.10. The fourth-order valence-corrected chi connectivity index (χ4v) is 3.41. The highest BCUT2D eigenvalue weighted by Crippen LogP contribution is 2.30. The van der Waals surface area contributed by atoms with Crippen LogP contribution in [0.15, 0.2) is 24.3 Å². The molecule has 0 atom stereocenters. The van der Waals surface area contributed by atoms with Crippen LogP contribution < -0.4 is 5.73 Å². The van der Waals surface area contributed by atoms with E-state index in [9.17, 15) is 0 Å². The molecule has 1 aliphatic heterocycles. The first-order chi connectivity index (χ1) is 9.28. The van der Waals surface area contributed by atoms with Crippen LogP contribution in [-0.2, 0) is 19.6 Å². The number of benzene rings is 1. The molecule has 3 heterocycles. The van der Waals surface area contributed by atoms with Crippen molar-refractivity contribution in [1.82, 2.24) is 19.9 Å². The third-order valence-electron chi connectivity index (χ3n) is 3.35. The molecule has 0 saturated heterocycles. The van der Waals surface area contributed by atoms with E-state index in [0.717, 1.165) is 42.2 Å². The monoisotopic (exact) mass is 271 g/mol. The maximum absolute atomic E-state index is 5.71. The fraction of sp³-hybridized carbons (Fsp3) is 0.231. The van der Waals surface area contributed by atoms with Crippen LogP contribution >= 0.6 is 11.3 Å². The van der Waals surface area contributed by atoms with Gasteiger partial charge in [-0.25, -0.2) is 9.97 Å². The second kappa shape index (κ2) is 4.04. The molecule has 3 aromatic rings. The summed E-state index contributed by atoms with van der Waals surface area (Å²) in [6.45, 7) is 2.60. The lowest BCUT2D eigenvalue weighted by Crippen LogP contribution is -2.16. The summed E-state index contributed by atoms with van der Waals surface area (Å²) in [7, 11) is 0. The molecule has 0 amide bonds. The van der Waals surface area contributed by atoms with Crippen LogP contribution in [-0.4, -0.2) is 19.9 Å². The molecular weight excluding hydrogens is 258 g/mol. The molecule has 0 saturated carbocycles. The van der Waals surface area contributed by atoms with Gasteiger partial charge in [-0.1, -0.05) is 12.1 Å². The van der Waals surface area contributed by atoms with E-state index >= 15 is 0 Å². The molecule has 4 rings (SSSR count). The van der Waals surface area contributed by atoms with Crippen LogP contribution in [0.25, 0.3) is 11.0 Å². The lowest BCUT2D eigenvalue weighted by atomic mass is 10.3. The summed E-state index contributed by atoms with van der Waals surface area (Å²) in [4.78, 5) is 15.9. The maximum atomic E-state index is 5.71. The van der Waals surface area contributed by atoms with Gasteiger partial charge in [0.05, 0.1) is 23.3 Å². The predicted molar refractivity (Wildman–Crippen MR) is 75.6 cm³/mol. The quantitative estimate of drug-likeness (QED) is 0.749. The summed E-state index contributed by atoms with van der Waals surface area (Å²) >= 11 is 1.59. The minimum atomic E-state index is 0.674. The first-order valence-corrected chi connectivity index (χ1v) is 6.99. The van der Waals surface area contributed by atoms with Crippen molar-refractivity contribution < 1.29 is 0 Å². The molecule has 96 valence electrons. The maximum Gasteiger partial charge on any atom is 0.180 e. The first kappa shape index (κ1) is 11.0. The molecule has 2 aromatic heterocycles. The summed E-state index contributed by atoms with van der Waals surface area (Å²) in [5.74, 6) is 1.00. The summed E-state index contributed by atoms with van der Waals surface area (Å²) in [6.07, 6.45) is 0. The molecule has 6 heteroatoms. The molecular formula is C13H13N5S. The van der Waals surface area contributed by atoms with Gasteiger partial charge in [-0.2, -0.15) is 0 Å². The van der Waals surface area contributed by atoms with E-state index < -0.39 is 0 Å². The lowest BCUT2D eigenvalue weighted by molar-refractivity contribution is 0.268. The third-order valence-corrected chi connectivity index (χ3v) is 4.26. The Kier molecular flexibility index (Phi) is 2.33. The van der Waals surface area contributed by atoms with Crippen molar-refractivity contribution in [1.29, 1.82) is 0 Å². The summed E-state index contributed by atoms with van der Waals surface area (Å²) < 4.78 is 0. The zero-order valence-corrected chi connectivity index (χ0v) is 11.1. The van der Waals surface area contributed by atoms with E-state index in [1.54, 1.807) is 11.3 Å². The Morgan fingerprint density at radius 3 is 3.00 bits per heavy atom. The van der Waals surface area contributed by atoms with E-state index in [4.69, 9.17) is 5.73 Å². The molecule has 19 heavy (non-hydrogen) atoms. The number of anilines is 1. The van der Waals surface area contributed by atoms with Gasteiger partial charge in [0.15, 0.2) is 5.13 Å². The number of fused-ring (bicyclic) bond motifs is 2. The largest absolute Gasteiger partial charge is 0.375 e. The van der Waals surface area contributed by atoms with Gasteiger partial charge in [0.2, 0.25) is 0 Å². The number of nitrogen functional groups attached to an aromatic ring is 1. The molecule has 0 fully saturated rings. The SMILES string of the molecule is Nc1nc2c(s1)CN(Cc1nc3ccccc3[nH]1)C2. The van der Waals surface area contributed by atoms with Gasteiger partial charge in [-0.3, -0.25) is 4.90 Å². The number of para-hydroxylation sites is 2. The van der Waals surface area contributed by atoms with E-state index in [1.807, 2.05) is 18.2 Å². The number of nitrogens with zero attached hydrogens (tertiary/aromatic N) is 3. The fourth-order valence-electron chi connectivity index (χ4n) is 2.53. The van der Waals surface area contributed by atoms with E-state index in [0.29, 0.717) is 5.13 Å². The highest BCUT2D eigenvalue weighted by Gasteiger charge is 2.23. The summed E-state index contributed by atoms with van der Waals surface area (Å²) in [5.41, 5.74) is 8.95. The van der Waals surface area contributed by atoms with Gasteiger partial charge in [0.25, 0.3) is 0 Å². The van der Waals surface area contributed by atoms with Gasteiger partial charge < -0.3 is 10.7 Å². The second-order valence-corrected chi connectivity index (χ2v) is 5.88. The second-order valence-electron chi connectivity index (χ2n) is 4.77. The molecule has 3 N–H and O–H groups in total. The standard InChI is InChI=1S/C13H13N5S/c14-13-17-10-5-18(6-11(10)19-13)7-12-15-8-3-1-2-4-9(8)16-12/h1-4H,5-7H2,(H2,14,17)(H,15,16). The average Bonchev–Trinajstić information content (AvgIpc) is 3.00. The lowest BCUT2D eigenvalue weighted by Gasteiger charge is -2.12. The first-order valence-electron chi connectivity index (χ1n) is 6.18. The summed E-state index contributed by atoms with van der Waals surface area (Å²) in [5, 5.41) is 0.674. The number of imidazole rings is 1. The highest BCUT2D eigenvalue weighted by atomic mass is 32.1. The number of hydrogen-bond acceptors (Lipinski definition) is 5. The van der Waals surface area contributed by atoms with Crippen LogP contribution in [0.5, 0.6) is 0 Å². The minimum Gasteiger partial charge on any atom is -0.375 e. The molecule has 0 radical (unpaired) electrons. The molecule has 0 aliphatic carbocycles. The van der Waals surface area contributed by atoms with Crippen LogP contribution in [0, 0.1) is 0 Å². The van der Waals surface area contributed by atoms with Gasteiger partial charge >= 0.3 is 0 Å². The average molecular weight is 271 g/mol. The van der Waals surface area contributed by atoms with Crippen molar-refractivity contribution in [3.63, 3.8) is 0 Å². The van der Waals surface area contributed by atoms with Crippen LogP contribution in [0.3, 0.4) is 0 Å². The van der Waals surface area contributed by atoms with Gasteiger partial charge in [0.1, 0.15) is 5.82 Å². The highest BCUT2D eigenvalue weighted by molar-refractivity contribution is 7.15. The molecule has 0 unspecified atom stereocenters. The number of thiazole rings is 1. The third kappa shape index (κ3) is 1.89. The zero-order valence-electron chi connectivity index (χ0n) is 10.3. The Labute approximate surface area is 114 Å². The van der Waals surface area contributed by atoms with E-state index in [1.165, 1.54) is 4.88 Å². The van der Waals surface area contributed by atoms with Crippen LogP contribution in [0.4, 0.5) is 5.13 Å². The van der Waals surface area contributed by atoms with E-state index in [-0.39, 0.29) is 0 Å². The van der Waals surface area contributed by atoms with Crippen molar-refractivity contribution in [2.75, 3.05) is 5.73 Å². The molecule has 0 spiro atoms. The van der Waals surface area contributed by atoms with Gasteiger partial charge in [0, 0.05) is 18.0 Å². The normalized spacial score (nSPS) is 15.2. The Morgan fingerprint density at radius 2 is 2.16 bits per heavy atom. The van der Waals surface area contributed by atoms with Crippen molar-refractivity contribution in [3.8, 4) is 0 Å². The number of nitrogens with two attached hydrogens (primary N) is 1. The van der Waals surface area contributed by atoms with Crippen LogP contribution in [0.2, 0.25) is 0 Å². The Balaban J connectivity index is 1.55. The number of aromatic nitrogens is 3. The number of nitrogens with one attached hydrogen (secondary N) is 1. The van der Waals surface area contributed by atoms with Gasteiger partial charge in [-0.05, 0) is 12.1 Å².